The molecule has 3 rings (SSSR count). The van der Waals surface area contributed by atoms with Crippen molar-refractivity contribution in [2.45, 2.75) is 6.42 Å². The van der Waals surface area contributed by atoms with Crippen molar-refractivity contribution >= 4 is 41.4 Å². The van der Waals surface area contributed by atoms with E-state index in [1.807, 2.05) is 0 Å². The van der Waals surface area contributed by atoms with Crippen LogP contribution >= 0.6 is 0 Å². The van der Waals surface area contributed by atoms with Crippen LogP contribution in [0.4, 0.5) is 5.69 Å². The minimum absolute atomic E-state index is 0.00118. The number of rotatable bonds is 10. The normalized spacial score (nSPS) is 9.76. The van der Waals surface area contributed by atoms with E-state index in [-0.39, 0.29) is 37.3 Å². The predicted octanol–water partition coefficient (Wildman–Crippen LogP) is 1.49. The summed E-state index contributed by atoms with van der Waals surface area (Å²) in [5.74, 6) is -2.54. The number of nitrogens with one attached hydrogen (secondary N) is 1. The topological polar surface area (TPSA) is 204 Å². The Balaban J connectivity index is 0.000000395. The Morgan fingerprint density at radius 1 is 0.857 bits per heavy atom. The third-order valence-corrected chi connectivity index (χ3v) is 5.14. The van der Waals surface area contributed by atoms with Gasteiger partial charge in [0.15, 0.2) is 12.6 Å². The van der Waals surface area contributed by atoms with E-state index in [0.29, 0.717) is 28.1 Å². The molecule has 0 aliphatic carbocycles. The average Bonchev–Trinajstić information content (AvgIpc) is 2.96. The van der Waals surface area contributed by atoms with Crippen LogP contribution in [-0.4, -0.2) is 72.9 Å². The Morgan fingerprint density at radius 3 is 2.02 bits per heavy atom. The number of guanidine groups is 1. The van der Waals surface area contributed by atoms with E-state index in [4.69, 9.17) is 26.0 Å². The van der Waals surface area contributed by atoms with Gasteiger partial charge in [0.25, 0.3) is 11.8 Å². The molecule has 42 heavy (non-hydrogen) atoms. The van der Waals surface area contributed by atoms with Crippen LogP contribution in [0, 0.1) is 0 Å². The van der Waals surface area contributed by atoms with E-state index >= 15 is 0 Å². The number of likely N-dealkylation sites (N-methyl/N-ethyl adjacent to an activating group) is 1. The molecule has 0 atom stereocenters. The number of nitrogens with two attached hydrogens (primary N) is 2. The fourth-order valence-electron chi connectivity index (χ4n) is 3.00. The Morgan fingerprint density at radius 2 is 1.48 bits per heavy atom. The molecule has 0 radical (unpaired) electrons. The fourth-order valence-corrected chi connectivity index (χ4v) is 3.00. The van der Waals surface area contributed by atoms with Gasteiger partial charge in [-0.3, -0.25) is 19.2 Å². The minimum atomic E-state index is -1.05. The lowest BCUT2D eigenvalue weighted by Crippen LogP contribution is -2.29. The van der Waals surface area contributed by atoms with Gasteiger partial charge in [-0.1, -0.05) is 30.3 Å². The number of nitrogens with zero attached hydrogens (tertiary/aromatic N) is 2. The van der Waals surface area contributed by atoms with Crippen molar-refractivity contribution in [2.24, 2.45) is 16.5 Å². The van der Waals surface area contributed by atoms with Gasteiger partial charge < -0.3 is 36.3 Å². The number of hydrogen-bond acceptors (Lipinski definition) is 8. The summed E-state index contributed by atoms with van der Waals surface area (Å²) in [6, 6.07) is 21.1. The standard InChI is InChI=1S/C20H22N4O5.C9H9NO3/c1-24(2)17(25)12-28-18(26)11-13-3-9-16(10-4-13)29-19(27)14-5-7-15(8-6-14)23-20(21)22;11-8(12)6-10-9(13)7-4-2-1-3-5-7/h3-10H,11-12H2,1-2H3,(H4,21,22,23);1-5H,6H2,(H,10,13)(H,11,12). The third-order valence-electron chi connectivity index (χ3n) is 5.14. The first kappa shape index (κ1) is 32.5. The van der Waals surface area contributed by atoms with Gasteiger partial charge in [-0.05, 0) is 54.1 Å². The second-order valence-electron chi connectivity index (χ2n) is 8.69. The van der Waals surface area contributed by atoms with Crippen molar-refractivity contribution in [3.8, 4) is 5.75 Å². The van der Waals surface area contributed by atoms with Crippen LogP contribution < -0.4 is 21.5 Å². The van der Waals surface area contributed by atoms with Crippen LogP contribution in [-0.2, 0) is 25.5 Å². The minimum Gasteiger partial charge on any atom is -0.480 e. The average molecular weight is 578 g/mol. The molecular formula is C29H31N5O8. The zero-order chi connectivity index (χ0) is 31.1. The Labute approximate surface area is 241 Å². The molecule has 13 nitrogen and oxygen atoms in total. The molecule has 0 heterocycles. The fraction of sp³-hybridized carbons (Fsp3) is 0.172. The zero-order valence-electron chi connectivity index (χ0n) is 23.0. The highest BCUT2D eigenvalue weighted by Crippen LogP contribution is 2.17. The van der Waals surface area contributed by atoms with E-state index in [1.165, 1.54) is 4.90 Å². The van der Waals surface area contributed by atoms with Crippen molar-refractivity contribution in [3.63, 3.8) is 0 Å². The van der Waals surface area contributed by atoms with E-state index < -0.39 is 17.9 Å². The maximum Gasteiger partial charge on any atom is 0.343 e. The summed E-state index contributed by atoms with van der Waals surface area (Å²) in [4.78, 5) is 61.9. The van der Waals surface area contributed by atoms with Crippen LogP contribution in [0.2, 0.25) is 0 Å². The maximum atomic E-state index is 12.2. The molecule has 2 amide bonds. The summed E-state index contributed by atoms with van der Waals surface area (Å²) in [6.45, 7) is -0.656. The molecule has 3 aromatic carbocycles. The molecule has 220 valence electrons. The number of ether oxygens (including phenoxy) is 2. The van der Waals surface area contributed by atoms with Gasteiger partial charge in [-0.15, -0.1) is 0 Å². The van der Waals surface area contributed by atoms with E-state index in [2.05, 4.69) is 10.3 Å². The number of aliphatic imine (C=N–C) groups is 1. The maximum absolute atomic E-state index is 12.2. The highest BCUT2D eigenvalue weighted by molar-refractivity contribution is 5.95. The van der Waals surface area contributed by atoms with Gasteiger partial charge in [0.2, 0.25) is 0 Å². The molecule has 0 bridgehead atoms. The largest absolute Gasteiger partial charge is 0.480 e. The summed E-state index contributed by atoms with van der Waals surface area (Å²) in [6.07, 6.45) is 0.00118. The number of aliphatic carboxylic acids is 1. The SMILES string of the molecule is CN(C)C(=O)COC(=O)Cc1ccc(OC(=O)c2ccc(N=C(N)N)cc2)cc1.O=C(O)CNC(=O)c1ccccc1. The second kappa shape index (κ2) is 16.4. The van der Waals surface area contributed by atoms with Crippen molar-refractivity contribution in [3.05, 3.63) is 95.6 Å². The Kier molecular flexibility index (Phi) is 12.7. The van der Waals surface area contributed by atoms with Gasteiger partial charge in [0.1, 0.15) is 12.3 Å². The number of esters is 2. The van der Waals surface area contributed by atoms with Crippen LogP contribution in [0.3, 0.4) is 0 Å². The van der Waals surface area contributed by atoms with Crippen LogP contribution in [0.5, 0.6) is 5.75 Å². The number of benzene rings is 3. The van der Waals surface area contributed by atoms with E-state index in [9.17, 15) is 24.0 Å². The molecule has 3 aromatic rings. The lowest BCUT2D eigenvalue weighted by molar-refractivity contribution is -0.150. The molecule has 0 fully saturated rings. The van der Waals surface area contributed by atoms with Crippen molar-refractivity contribution in [1.29, 1.82) is 0 Å². The molecule has 0 spiro atoms. The zero-order valence-corrected chi connectivity index (χ0v) is 23.0. The van der Waals surface area contributed by atoms with Crippen molar-refractivity contribution < 1.29 is 38.6 Å². The quantitative estimate of drug-likeness (QED) is 0.118. The third kappa shape index (κ3) is 12.0. The molecule has 13 heteroatoms. The molecule has 0 aliphatic heterocycles. The molecule has 0 aromatic heterocycles. The highest BCUT2D eigenvalue weighted by Gasteiger charge is 2.12. The first-order valence-electron chi connectivity index (χ1n) is 12.4. The molecule has 0 aliphatic rings. The monoisotopic (exact) mass is 577 g/mol. The molecule has 0 saturated carbocycles. The smallest absolute Gasteiger partial charge is 0.343 e. The van der Waals surface area contributed by atoms with Gasteiger partial charge >= 0.3 is 17.9 Å². The number of carboxylic acid groups (broad SMARTS) is 1. The molecule has 0 saturated heterocycles. The highest BCUT2D eigenvalue weighted by atomic mass is 16.5. The van der Waals surface area contributed by atoms with Crippen molar-refractivity contribution in [1.82, 2.24) is 10.2 Å². The first-order chi connectivity index (χ1) is 19.9. The summed E-state index contributed by atoms with van der Waals surface area (Å²) in [5.41, 5.74) is 12.6. The van der Waals surface area contributed by atoms with E-state index in [0.717, 1.165) is 0 Å². The lowest BCUT2D eigenvalue weighted by atomic mass is 10.1. The second-order valence-corrected chi connectivity index (χ2v) is 8.69. The molecular weight excluding hydrogens is 546 g/mol. The molecule has 6 N–H and O–H groups in total. The van der Waals surface area contributed by atoms with Crippen LogP contribution in [0.25, 0.3) is 0 Å². The number of carbonyl (C=O) groups excluding carboxylic acids is 4. The van der Waals surface area contributed by atoms with Crippen molar-refractivity contribution in [2.75, 3.05) is 27.2 Å². The first-order valence-corrected chi connectivity index (χ1v) is 12.4. The van der Waals surface area contributed by atoms with Gasteiger partial charge in [0, 0.05) is 19.7 Å². The number of carboxylic acids is 1. The van der Waals surface area contributed by atoms with Gasteiger partial charge in [-0.2, -0.15) is 0 Å². The van der Waals surface area contributed by atoms with Gasteiger partial charge in [0.05, 0.1) is 17.7 Å². The summed E-state index contributed by atoms with van der Waals surface area (Å²) in [5, 5.41) is 10.6. The number of carbonyl (C=O) groups is 5. The van der Waals surface area contributed by atoms with Gasteiger partial charge in [-0.25, -0.2) is 9.79 Å². The van der Waals surface area contributed by atoms with Crippen LogP contribution in [0.15, 0.2) is 83.9 Å². The van der Waals surface area contributed by atoms with E-state index in [1.54, 1.807) is 93.0 Å². The number of hydrogen-bond donors (Lipinski definition) is 4. The Hall–Kier alpha value is -5.72. The summed E-state index contributed by atoms with van der Waals surface area (Å²) in [7, 11) is 3.16. The number of amides is 2. The predicted molar refractivity (Wildman–Crippen MR) is 153 cm³/mol. The Bertz CT molecular complexity index is 1400. The lowest BCUT2D eigenvalue weighted by Gasteiger charge is -2.10. The summed E-state index contributed by atoms with van der Waals surface area (Å²) >= 11 is 0. The van der Waals surface area contributed by atoms with Crippen LogP contribution in [0.1, 0.15) is 26.3 Å². The summed E-state index contributed by atoms with van der Waals surface area (Å²) < 4.78 is 10.2. The molecule has 0 unspecified atom stereocenters.